The summed E-state index contributed by atoms with van der Waals surface area (Å²) >= 11 is 12.2. The molecule has 0 fully saturated rings. The molecule has 0 spiro atoms. The van der Waals surface area contributed by atoms with Gasteiger partial charge in [0.1, 0.15) is 12.4 Å². The Hall–Kier alpha value is -2.53. The molecule has 0 radical (unpaired) electrons. The summed E-state index contributed by atoms with van der Waals surface area (Å²) in [5.41, 5.74) is 2.67. The van der Waals surface area contributed by atoms with E-state index in [0.29, 0.717) is 38.0 Å². The molecule has 4 nitrogen and oxygen atoms in total. The molecule has 27 heavy (non-hydrogen) atoms. The van der Waals surface area contributed by atoms with Gasteiger partial charge >= 0.3 is 5.97 Å². The molecular weight excluding hydrogens is 387 g/mol. The summed E-state index contributed by atoms with van der Waals surface area (Å²) in [6.07, 6.45) is 0. The quantitative estimate of drug-likeness (QED) is 0.579. The zero-order valence-electron chi connectivity index (χ0n) is 14.2. The molecule has 0 aliphatic rings. The Kier molecular flexibility index (Phi) is 6.01. The first-order chi connectivity index (χ1) is 13.0. The number of hydrogen-bond donors (Lipinski definition) is 2. The predicted molar refractivity (Wildman–Crippen MR) is 107 cm³/mol. The molecule has 0 heterocycles. The Morgan fingerprint density at radius 1 is 0.889 bits per heavy atom. The van der Waals surface area contributed by atoms with Gasteiger partial charge in [0.2, 0.25) is 0 Å². The molecule has 0 aliphatic heterocycles. The minimum Gasteiger partial charge on any atom is -0.490 e. The van der Waals surface area contributed by atoms with E-state index in [1.807, 2.05) is 12.1 Å². The van der Waals surface area contributed by atoms with Gasteiger partial charge in [-0.25, -0.2) is 4.79 Å². The van der Waals surface area contributed by atoms with Gasteiger partial charge in [-0.15, -0.1) is 0 Å². The van der Waals surface area contributed by atoms with Crippen molar-refractivity contribution in [2.75, 3.05) is 13.2 Å². The number of rotatable bonds is 6. The number of hydrogen-bond acceptors (Lipinski definition) is 3. The van der Waals surface area contributed by atoms with Crippen LogP contribution in [0.15, 0.2) is 60.7 Å². The van der Waals surface area contributed by atoms with Crippen LogP contribution in [0.4, 0.5) is 0 Å². The molecule has 3 rings (SSSR count). The number of aliphatic hydroxyl groups is 1. The summed E-state index contributed by atoms with van der Waals surface area (Å²) in [6.45, 7) is -0.113. The van der Waals surface area contributed by atoms with Gasteiger partial charge in [0.15, 0.2) is 0 Å². The molecule has 3 aromatic carbocycles. The smallest absolute Gasteiger partial charge is 0.335 e. The van der Waals surface area contributed by atoms with Crippen LogP contribution in [0.25, 0.3) is 22.3 Å². The molecule has 3 aromatic rings. The maximum Gasteiger partial charge on any atom is 0.335 e. The lowest BCUT2D eigenvalue weighted by molar-refractivity contribution is 0.0697. The number of halogens is 2. The van der Waals surface area contributed by atoms with Crippen LogP contribution in [0.2, 0.25) is 10.0 Å². The first-order valence-corrected chi connectivity index (χ1v) is 8.92. The van der Waals surface area contributed by atoms with Crippen molar-refractivity contribution in [2.24, 2.45) is 0 Å². The van der Waals surface area contributed by atoms with Crippen LogP contribution in [0.5, 0.6) is 5.75 Å². The number of carboxylic acids is 1. The van der Waals surface area contributed by atoms with Crippen molar-refractivity contribution in [1.82, 2.24) is 0 Å². The predicted octanol–water partition coefficient (Wildman–Crippen LogP) is 5.40. The van der Waals surface area contributed by atoms with Crippen molar-refractivity contribution in [3.8, 4) is 28.0 Å². The lowest BCUT2D eigenvalue weighted by atomic mass is 9.94. The van der Waals surface area contributed by atoms with Crippen LogP contribution in [0.1, 0.15) is 10.4 Å². The second kappa shape index (κ2) is 8.44. The van der Waals surface area contributed by atoms with E-state index >= 15 is 0 Å². The van der Waals surface area contributed by atoms with E-state index in [1.54, 1.807) is 36.4 Å². The average Bonchev–Trinajstić information content (AvgIpc) is 2.65. The molecule has 0 aromatic heterocycles. The maximum atomic E-state index is 11.7. The summed E-state index contributed by atoms with van der Waals surface area (Å²) in [5.74, 6) is -0.603. The van der Waals surface area contributed by atoms with E-state index < -0.39 is 5.97 Å². The summed E-state index contributed by atoms with van der Waals surface area (Å²) in [4.78, 5) is 11.7. The van der Waals surface area contributed by atoms with E-state index in [9.17, 15) is 15.0 Å². The van der Waals surface area contributed by atoms with Gasteiger partial charge in [0.05, 0.1) is 12.2 Å². The molecule has 0 amide bonds. The number of aromatic carboxylic acids is 1. The third kappa shape index (κ3) is 4.42. The van der Waals surface area contributed by atoms with Crippen molar-refractivity contribution in [1.29, 1.82) is 0 Å². The van der Waals surface area contributed by atoms with E-state index in [1.165, 1.54) is 12.1 Å². The van der Waals surface area contributed by atoms with Gasteiger partial charge in [-0.05, 0) is 47.5 Å². The average molecular weight is 403 g/mol. The number of carbonyl (C=O) groups is 1. The van der Waals surface area contributed by atoms with E-state index in [0.717, 1.165) is 0 Å². The fraction of sp³-hybridized carbons (Fsp3) is 0.0952. The lowest BCUT2D eigenvalue weighted by Gasteiger charge is -2.18. The number of ether oxygens (including phenoxy) is 1. The zero-order valence-corrected chi connectivity index (χ0v) is 15.7. The second-order valence-corrected chi connectivity index (χ2v) is 6.67. The van der Waals surface area contributed by atoms with E-state index in [2.05, 4.69) is 0 Å². The summed E-state index contributed by atoms with van der Waals surface area (Å²) in [6, 6.07) is 17.2. The van der Waals surface area contributed by atoms with Crippen LogP contribution >= 0.6 is 23.2 Å². The third-order valence-electron chi connectivity index (χ3n) is 3.94. The summed E-state index contributed by atoms with van der Waals surface area (Å²) in [7, 11) is 0. The standard InChI is InChI=1S/C21H16Cl2O4/c22-16-5-1-3-13(9-16)18-11-15(21(25)26)12-19(20(18)27-8-7-24)14-4-2-6-17(23)10-14/h1-6,9-12,24H,7-8H2,(H,25,26). The Balaban J connectivity index is 2.31. The summed E-state index contributed by atoms with van der Waals surface area (Å²) in [5, 5.41) is 19.8. The highest BCUT2D eigenvalue weighted by Crippen LogP contribution is 2.41. The van der Waals surface area contributed by atoms with Crippen molar-refractivity contribution < 1.29 is 19.7 Å². The largest absolute Gasteiger partial charge is 0.490 e. The van der Waals surface area contributed by atoms with Crippen LogP contribution in [-0.2, 0) is 0 Å². The molecule has 0 aliphatic carbocycles. The fourth-order valence-corrected chi connectivity index (χ4v) is 3.18. The summed E-state index contributed by atoms with van der Waals surface area (Å²) < 4.78 is 5.81. The number of carboxylic acid groups (broad SMARTS) is 1. The van der Waals surface area contributed by atoms with Crippen molar-refractivity contribution in [3.63, 3.8) is 0 Å². The first-order valence-electron chi connectivity index (χ1n) is 8.16. The normalized spacial score (nSPS) is 10.6. The topological polar surface area (TPSA) is 66.8 Å². The molecule has 0 saturated carbocycles. The molecule has 0 unspecified atom stereocenters. The SMILES string of the molecule is O=C(O)c1cc(-c2cccc(Cl)c2)c(OCCO)c(-c2cccc(Cl)c2)c1. The second-order valence-electron chi connectivity index (χ2n) is 5.80. The maximum absolute atomic E-state index is 11.7. The molecule has 0 atom stereocenters. The lowest BCUT2D eigenvalue weighted by Crippen LogP contribution is -2.06. The molecular formula is C21H16Cl2O4. The van der Waals surface area contributed by atoms with Gasteiger partial charge < -0.3 is 14.9 Å². The minimum atomic E-state index is -1.06. The molecule has 2 N–H and O–H groups in total. The van der Waals surface area contributed by atoms with Crippen LogP contribution in [0.3, 0.4) is 0 Å². The van der Waals surface area contributed by atoms with Gasteiger partial charge in [-0.1, -0.05) is 47.5 Å². The molecule has 138 valence electrons. The first kappa shape index (κ1) is 19.2. The van der Waals surface area contributed by atoms with Crippen LogP contribution in [-0.4, -0.2) is 29.4 Å². The van der Waals surface area contributed by atoms with Gasteiger partial charge in [0, 0.05) is 21.2 Å². The molecule has 6 heteroatoms. The molecule has 0 saturated heterocycles. The number of aliphatic hydroxyl groups excluding tert-OH is 1. The van der Waals surface area contributed by atoms with Gasteiger partial charge in [0.25, 0.3) is 0 Å². The highest BCUT2D eigenvalue weighted by Gasteiger charge is 2.19. The monoisotopic (exact) mass is 402 g/mol. The van der Waals surface area contributed by atoms with Crippen LogP contribution < -0.4 is 4.74 Å². The van der Waals surface area contributed by atoms with E-state index in [-0.39, 0.29) is 18.8 Å². The Morgan fingerprint density at radius 3 is 1.81 bits per heavy atom. The molecule has 0 bridgehead atoms. The third-order valence-corrected chi connectivity index (χ3v) is 4.42. The van der Waals surface area contributed by atoms with E-state index in [4.69, 9.17) is 27.9 Å². The zero-order chi connectivity index (χ0) is 19.4. The minimum absolute atomic E-state index is 0.0630. The highest BCUT2D eigenvalue weighted by molar-refractivity contribution is 6.31. The van der Waals surface area contributed by atoms with Crippen molar-refractivity contribution in [2.45, 2.75) is 0 Å². The highest BCUT2D eigenvalue weighted by atomic mass is 35.5. The Morgan fingerprint density at radius 2 is 1.41 bits per heavy atom. The number of benzene rings is 3. The Labute approximate surface area is 166 Å². The van der Waals surface area contributed by atoms with Crippen LogP contribution in [0, 0.1) is 0 Å². The van der Waals surface area contributed by atoms with Crippen molar-refractivity contribution in [3.05, 3.63) is 76.3 Å². The van der Waals surface area contributed by atoms with Crippen molar-refractivity contribution >= 4 is 29.2 Å². The fourth-order valence-electron chi connectivity index (χ4n) is 2.80. The van der Waals surface area contributed by atoms with Gasteiger partial charge in [-0.3, -0.25) is 0 Å². The van der Waals surface area contributed by atoms with Gasteiger partial charge in [-0.2, -0.15) is 0 Å². The Bertz CT molecular complexity index is 919.